The first-order valence-corrected chi connectivity index (χ1v) is 7.21. The van der Waals surface area contributed by atoms with Crippen molar-refractivity contribution in [3.05, 3.63) is 23.8 Å². The lowest BCUT2D eigenvalue weighted by Crippen LogP contribution is -2.28. The first kappa shape index (κ1) is 14.2. The summed E-state index contributed by atoms with van der Waals surface area (Å²) in [5, 5.41) is 0. The van der Waals surface area contributed by atoms with Crippen LogP contribution in [0.1, 0.15) is 50.6 Å². The normalized spacial score (nSPS) is 15.3. The minimum atomic E-state index is 0.188. The number of nitrogens with two attached hydrogens (primary N) is 1. The predicted octanol–water partition coefficient (Wildman–Crippen LogP) is 2.93. The third kappa shape index (κ3) is 3.85. The molecule has 0 saturated carbocycles. The van der Waals surface area contributed by atoms with Gasteiger partial charge >= 0.3 is 0 Å². The van der Waals surface area contributed by atoms with Gasteiger partial charge in [-0.2, -0.15) is 0 Å². The Morgan fingerprint density at radius 3 is 2.68 bits per heavy atom. The molecule has 0 aliphatic carbocycles. The van der Waals surface area contributed by atoms with E-state index in [0.717, 1.165) is 17.9 Å². The Labute approximate surface area is 115 Å². The van der Waals surface area contributed by atoms with Gasteiger partial charge in [-0.15, -0.1) is 0 Å². The average Bonchev–Trinajstić information content (AvgIpc) is 2.47. The summed E-state index contributed by atoms with van der Waals surface area (Å²) in [6.07, 6.45) is 6.05. The lowest BCUT2D eigenvalue weighted by atomic mass is 10.00. The SMILES string of the molecule is CCCCCCC(NN)c1ccc2c(c1)OCCO2. The maximum absolute atomic E-state index is 5.67. The molecule has 0 aromatic heterocycles. The van der Waals surface area contributed by atoms with Crippen LogP contribution < -0.4 is 20.7 Å². The summed E-state index contributed by atoms with van der Waals surface area (Å²) in [7, 11) is 0. The molecule has 0 spiro atoms. The molecular formula is C15H24N2O2. The summed E-state index contributed by atoms with van der Waals surface area (Å²) in [6.45, 7) is 3.47. The molecule has 4 heteroatoms. The Morgan fingerprint density at radius 2 is 1.95 bits per heavy atom. The Kier molecular flexibility index (Phi) is 5.48. The van der Waals surface area contributed by atoms with E-state index < -0.39 is 0 Å². The molecule has 3 N–H and O–H groups in total. The van der Waals surface area contributed by atoms with Crippen molar-refractivity contribution in [2.45, 2.75) is 45.1 Å². The molecule has 19 heavy (non-hydrogen) atoms. The zero-order chi connectivity index (χ0) is 13.5. The van der Waals surface area contributed by atoms with Crippen LogP contribution >= 0.6 is 0 Å². The summed E-state index contributed by atoms with van der Waals surface area (Å²) < 4.78 is 11.1. The minimum Gasteiger partial charge on any atom is -0.486 e. The van der Waals surface area contributed by atoms with Crippen LogP contribution in [-0.4, -0.2) is 13.2 Å². The van der Waals surface area contributed by atoms with E-state index in [4.69, 9.17) is 15.3 Å². The van der Waals surface area contributed by atoms with Crippen molar-refractivity contribution in [3.63, 3.8) is 0 Å². The zero-order valence-corrected chi connectivity index (χ0v) is 11.7. The topological polar surface area (TPSA) is 56.5 Å². The van der Waals surface area contributed by atoms with Gasteiger partial charge in [0.05, 0.1) is 0 Å². The van der Waals surface area contributed by atoms with Crippen molar-refractivity contribution < 1.29 is 9.47 Å². The molecule has 0 radical (unpaired) electrons. The second-order valence-corrected chi connectivity index (χ2v) is 4.97. The molecule has 1 atom stereocenters. The summed E-state index contributed by atoms with van der Waals surface area (Å²) in [6, 6.07) is 6.27. The number of hydrazine groups is 1. The predicted molar refractivity (Wildman–Crippen MR) is 76.3 cm³/mol. The van der Waals surface area contributed by atoms with Gasteiger partial charge in [0.25, 0.3) is 0 Å². The maximum Gasteiger partial charge on any atom is 0.161 e. The van der Waals surface area contributed by atoms with E-state index in [1.165, 1.54) is 31.2 Å². The molecule has 1 aromatic carbocycles. The summed E-state index contributed by atoms with van der Waals surface area (Å²) >= 11 is 0. The van der Waals surface area contributed by atoms with E-state index in [-0.39, 0.29) is 6.04 Å². The van der Waals surface area contributed by atoms with E-state index in [1.807, 2.05) is 12.1 Å². The van der Waals surface area contributed by atoms with E-state index in [0.29, 0.717) is 13.2 Å². The Morgan fingerprint density at radius 1 is 1.16 bits per heavy atom. The van der Waals surface area contributed by atoms with Gasteiger partial charge in [-0.1, -0.05) is 38.7 Å². The van der Waals surface area contributed by atoms with E-state index in [1.54, 1.807) is 0 Å². The summed E-state index contributed by atoms with van der Waals surface area (Å²) in [5.74, 6) is 7.33. The second kappa shape index (κ2) is 7.36. The fourth-order valence-electron chi connectivity index (χ4n) is 2.40. The standard InChI is InChI=1S/C15H24N2O2/c1-2-3-4-5-6-13(17-16)12-7-8-14-15(11-12)19-10-9-18-14/h7-8,11,13,17H,2-6,9-10,16H2,1H3. The number of ether oxygens (including phenoxy) is 2. The number of hydrogen-bond acceptors (Lipinski definition) is 4. The monoisotopic (exact) mass is 264 g/mol. The van der Waals surface area contributed by atoms with Crippen molar-refractivity contribution >= 4 is 0 Å². The number of nitrogens with one attached hydrogen (secondary N) is 1. The molecule has 1 unspecified atom stereocenters. The molecule has 1 heterocycles. The molecule has 2 rings (SSSR count). The van der Waals surface area contributed by atoms with Gasteiger partial charge in [-0.25, -0.2) is 0 Å². The van der Waals surface area contributed by atoms with Gasteiger partial charge in [0.1, 0.15) is 13.2 Å². The van der Waals surface area contributed by atoms with Crippen LogP contribution in [-0.2, 0) is 0 Å². The highest BCUT2D eigenvalue weighted by atomic mass is 16.6. The fraction of sp³-hybridized carbons (Fsp3) is 0.600. The van der Waals surface area contributed by atoms with E-state index in [9.17, 15) is 0 Å². The van der Waals surface area contributed by atoms with Gasteiger partial charge in [0.2, 0.25) is 0 Å². The van der Waals surface area contributed by atoms with Gasteiger partial charge in [0, 0.05) is 6.04 Å². The second-order valence-electron chi connectivity index (χ2n) is 4.97. The van der Waals surface area contributed by atoms with Crippen molar-refractivity contribution in [3.8, 4) is 11.5 Å². The summed E-state index contributed by atoms with van der Waals surface area (Å²) in [4.78, 5) is 0. The van der Waals surface area contributed by atoms with E-state index >= 15 is 0 Å². The van der Waals surface area contributed by atoms with Crippen LogP contribution in [0, 0.1) is 0 Å². The van der Waals surface area contributed by atoms with Crippen molar-refractivity contribution in [1.29, 1.82) is 0 Å². The zero-order valence-electron chi connectivity index (χ0n) is 11.7. The molecule has 0 amide bonds. The van der Waals surface area contributed by atoms with Gasteiger partial charge in [-0.3, -0.25) is 11.3 Å². The third-order valence-electron chi connectivity index (χ3n) is 3.52. The molecule has 1 aliphatic heterocycles. The highest BCUT2D eigenvalue weighted by Crippen LogP contribution is 2.33. The minimum absolute atomic E-state index is 0.188. The molecule has 0 fully saturated rings. The number of unbranched alkanes of at least 4 members (excludes halogenated alkanes) is 3. The molecule has 0 bridgehead atoms. The van der Waals surface area contributed by atoms with Gasteiger partial charge < -0.3 is 9.47 Å². The van der Waals surface area contributed by atoms with Gasteiger partial charge in [-0.05, 0) is 24.1 Å². The first-order chi connectivity index (χ1) is 9.35. The number of benzene rings is 1. The number of fused-ring (bicyclic) bond motifs is 1. The molecule has 1 aromatic rings. The highest BCUT2D eigenvalue weighted by molar-refractivity contribution is 5.44. The molecular weight excluding hydrogens is 240 g/mol. The van der Waals surface area contributed by atoms with Crippen molar-refractivity contribution in [2.24, 2.45) is 5.84 Å². The van der Waals surface area contributed by atoms with Crippen LogP contribution in [0.5, 0.6) is 11.5 Å². The maximum atomic E-state index is 5.67. The lowest BCUT2D eigenvalue weighted by molar-refractivity contribution is 0.171. The Bertz CT molecular complexity index is 396. The molecule has 106 valence electrons. The van der Waals surface area contributed by atoms with Crippen molar-refractivity contribution in [1.82, 2.24) is 5.43 Å². The van der Waals surface area contributed by atoms with E-state index in [2.05, 4.69) is 18.4 Å². The number of hydrogen-bond donors (Lipinski definition) is 2. The average molecular weight is 264 g/mol. The largest absolute Gasteiger partial charge is 0.486 e. The van der Waals surface area contributed by atoms with Crippen LogP contribution in [0.3, 0.4) is 0 Å². The number of rotatable bonds is 7. The summed E-state index contributed by atoms with van der Waals surface area (Å²) in [5.41, 5.74) is 4.08. The van der Waals surface area contributed by atoms with Crippen LogP contribution in [0.4, 0.5) is 0 Å². The first-order valence-electron chi connectivity index (χ1n) is 7.21. The van der Waals surface area contributed by atoms with Crippen LogP contribution in [0.25, 0.3) is 0 Å². The smallest absolute Gasteiger partial charge is 0.161 e. The quantitative estimate of drug-likeness (QED) is 0.451. The lowest BCUT2D eigenvalue weighted by Gasteiger charge is -2.22. The van der Waals surface area contributed by atoms with Gasteiger partial charge in [0.15, 0.2) is 11.5 Å². The molecule has 4 nitrogen and oxygen atoms in total. The molecule has 0 saturated heterocycles. The van der Waals surface area contributed by atoms with Crippen LogP contribution in [0.15, 0.2) is 18.2 Å². The Hall–Kier alpha value is -1.26. The van der Waals surface area contributed by atoms with Crippen molar-refractivity contribution in [2.75, 3.05) is 13.2 Å². The highest BCUT2D eigenvalue weighted by Gasteiger charge is 2.15. The third-order valence-corrected chi connectivity index (χ3v) is 3.52. The Balaban J connectivity index is 1.97. The fourth-order valence-corrected chi connectivity index (χ4v) is 2.40. The van der Waals surface area contributed by atoms with Crippen LogP contribution in [0.2, 0.25) is 0 Å². The molecule has 1 aliphatic rings.